The van der Waals surface area contributed by atoms with Gasteiger partial charge < -0.3 is 0 Å². The summed E-state index contributed by atoms with van der Waals surface area (Å²) in [6.45, 7) is 0. The van der Waals surface area contributed by atoms with Gasteiger partial charge in [-0.05, 0) is 0 Å². The number of aromatic nitrogens is 3. The topological polar surface area (TPSA) is 47.9 Å². The molecule has 1 radical (unpaired) electrons. The Morgan fingerprint density at radius 2 is 2.20 bits per heavy atom. The monoisotopic (exact) mass is 292 g/mol. The maximum atomic E-state index is 13.5. The number of methoxy groups -OCH3 is 1. The molecule has 2 aromatic heterocycles. The number of hydrogen-bond donors (Lipinski definition) is 0. The van der Waals surface area contributed by atoms with Gasteiger partial charge in [-0.2, -0.15) is 0 Å². The van der Waals surface area contributed by atoms with E-state index in [0.717, 1.165) is 0 Å². The fourth-order valence-corrected chi connectivity index (χ4v) is 1.65. The van der Waals surface area contributed by atoms with Gasteiger partial charge >= 0.3 is 97.5 Å². The fourth-order valence-electron chi connectivity index (χ4n) is 1.14. The van der Waals surface area contributed by atoms with E-state index in [2.05, 4.69) is 31.0 Å². The van der Waals surface area contributed by atoms with Gasteiger partial charge in [0.05, 0.1) is 0 Å². The van der Waals surface area contributed by atoms with Crippen molar-refractivity contribution >= 4 is 43.2 Å². The van der Waals surface area contributed by atoms with Crippen molar-refractivity contribution in [1.29, 1.82) is 0 Å². The predicted molar refractivity (Wildman–Crippen MR) is 54.2 cm³/mol. The second-order valence-electron chi connectivity index (χ2n) is 2.64. The molecule has 2 rings (SSSR count). The first-order valence-corrected chi connectivity index (χ1v) is 5.09. The number of nitrogens with zero attached hydrogens (tertiary/aromatic N) is 3. The van der Waals surface area contributed by atoms with Gasteiger partial charge in [0, 0.05) is 0 Å². The van der Waals surface area contributed by atoms with Crippen LogP contribution in [0.15, 0.2) is 6.20 Å². The van der Waals surface area contributed by atoms with Crippen LogP contribution in [-0.4, -0.2) is 38.1 Å². The van der Waals surface area contributed by atoms with Crippen molar-refractivity contribution in [3.63, 3.8) is 0 Å². The van der Waals surface area contributed by atoms with E-state index in [-0.39, 0.29) is 16.5 Å². The summed E-state index contributed by atoms with van der Waals surface area (Å²) >= 11 is 8.12. The Balaban J connectivity index is 2.89. The average Bonchev–Trinajstić information content (AvgIpc) is 2.23. The number of fused-ring (bicyclic) bond motifs is 1. The van der Waals surface area contributed by atoms with Gasteiger partial charge in [0.2, 0.25) is 0 Å². The van der Waals surface area contributed by atoms with Crippen molar-refractivity contribution in [2.24, 2.45) is 0 Å². The second-order valence-corrected chi connectivity index (χ2v) is 3.76. The zero-order valence-electron chi connectivity index (χ0n) is 7.49. The molecule has 0 unspecified atom stereocenters. The normalized spacial score (nSPS) is 10.6. The molecule has 15 heavy (non-hydrogen) atoms. The summed E-state index contributed by atoms with van der Waals surface area (Å²) in [6.07, 6.45) is 1.37. The standard InChI is InChI=1S/C8H4ClFN3OSe/c1-14-7-3-2-11-6(9)4(10)5(3)12-8(15)13-7/h2H,1H3. The number of halogens is 2. The number of hydrogen-bond acceptors (Lipinski definition) is 4. The van der Waals surface area contributed by atoms with E-state index < -0.39 is 5.82 Å². The van der Waals surface area contributed by atoms with Gasteiger partial charge in [-0.1, -0.05) is 0 Å². The fraction of sp³-hybridized carbons (Fsp3) is 0.125. The molecule has 0 saturated carbocycles. The molecule has 2 heterocycles. The Bertz CT molecular complexity index is 537. The summed E-state index contributed by atoms with van der Waals surface area (Å²) in [5, 5.41) is 0.168. The molecule has 0 saturated heterocycles. The third-order valence-corrected chi connectivity index (χ3v) is 2.43. The second kappa shape index (κ2) is 3.89. The van der Waals surface area contributed by atoms with Crippen molar-refractivity contribution in [2.75, 3.05) is 7.11 Å². The molecule has 0 aromatic carbocycles. The molecule has 0 fully saturated rings. The molecule has 0 atom stereocenters. The molecule has 7 heteroatoms. The molecule has 77 valence electrons. The third-order valence-electron chi connectivity index (χ3n) is 1.78. The van der Waals surface area contributed by atoms with Gasteiger partial charge in [-0.15, -0.1) is 0 Å². The maximum absolute atomic E-state index is 13.5. The SMILES string of the molecule is COc1nc([Se])nc2c(F)c(Cl)ncc12. The van der Waals surface area contributed by atoms with E-state index in [0.29, 0.717) is 10.1 Å². The van der Waals surface area contributed by atoms with Crippen molar-refractivity contribution in [3.05, 3.63) is 17.2 Å². The molecule has 0 aliphatic heterocycles. The minimum absolute atomic E-state index is 0.0931. The Morgan fingerprint density at radius 1 is 1.47 bits per heavy atom. The van der Waals surface area contributed by atoms with Crippen molar-refractivity contribution in [3.8, 4) is 5.88 Å². The van der Waals surface area contributed by atoms with Crippen molar-refractivity contribution in [2.45, 2.75) is 0 Å². The molecular weight excluding hydrogens is 288 g/mol. The summed E-state index contributed by atoms with van der Waals surface area (Å²) in [5.74, 6) is -0.414. The van der Waals surface area contributed by atoms with Crippen LogP contribution in [-0.2, 0) is 0 Å². The Hall–Kier alpha value is -0.971. The van der Waals surface area contributed by atoms with Crippen LogP contribution in [0.1, 0.15) is 0 Å². The third kappa shape index (κ3) is 1.76. The van der Waals surface area contributed by atoms with Crippen LogP contribution in [0.2, 0.25) is 5.15 Å². The van der Waals surface area contributed by atoms with Gasteiger partial charge in [0.1, 0.15) is 0 Å². The van der Waals surface area contributed by atoms with Crippen LogP contribution in [0.4, 0.5) is 4.39 Å². The number of pyridine rings is 1. The Labute approximate surface area is 97.7 Å². The minimum atomic E-state index is -0.675. The molecular formula is C8H4ClFN3OSe. The van der Waals surface area contributed by atoms with Crippen molar-refractivity contribution < 1.29 is 9.13 Å². The summed E-state index contributed by atoms with van der Waals surface area (Å²) in [7, 11) is 1.44. The Morgan fingerprint density at radius 3 is 2.87 bits per heavy atom. The first kappa shape index (κ1) is 10.5. The van der Waals surface area contributed by atoms with E-state index in [9.17, 15) is 4.39 Å². The average molecular weight is 292 g/mol. The van der Waals surface area contributed by atoms with E-state index in [1.165, 1.54) is 13.3 Å². The molecule has 0 spiro atoms. The summed E-state index contributed by atoms with van der Waals surface area (Å²) in [5.41, 5.74) is 0.0931. The van der Waals surface area contributed by atoms with Gasteiger partial charge in [-0.25, -0.2) is 0 Å². The summed E-state index contributed by atoms with van der Waals surface area (Å²) in [6, 6.07) is 0. The first-order valence-electron chi connectivity index (χ1n) is 3.86. The quantitative estimate of drug-likeness (QED) is 0.571. The van der Waals surface area contributed by atoms with E-state index in [1.54, 1.807) is 0 Å². The molecule has 0 amide bonds. The van der Waals surface area contributed by atoms with Gasteiger partial charge in [0.15, 0.2) is 0 Å². The van der Waals surface area contributed by atoms with Crippen molar-refractivity contribution in [1.82, 2.24) is 15.0 Å². The zero-order valence-corrected chi connectivity index (χ0v) is 9.96. The molecule has 2 aromatic rings. The van der Waals surface area contributed by atoms with E-state index in [4.69, 9.17) is 16.3 Å². The summed E-state index contributed by atoms with van der Waals surface area (Å²) in [4.78, 5) is 11.5. The van der Waals surface area contributed by atoms with Crippen LogP contribution in [0.5, 0.6) is 5.88 Å². The van der Waals surface area contributed by atoms with Crippen LogP contribution >= 0.6 is 11.6 Å². The van der Waals surface area contributed by atoms with Crippen LogP contribution in [0.3, 0.4) is 0 Å². The molecule has 0 aliphatic rings. The van der Waals surface area contributed by atoms with Crippen LogP contribution < -0.4 is 9.46 Å². The molecule has 0 N–H and O–H groups in total. The van der Waals surface area contributed by atoms with E-state index >= 15 is 0 Å². The number of rotatable bonds is 1. The van der Waals surface area contributed by atoms with Crippen LogP contribution in [0.25, 0.3) is 10.9 Å². The predicted octanol–water partition coefficient (Wildman–Crippen LogP) is 0.620. The number of ether oxygens (including phenoxy) is 1. The van der Waals surface area contributed by atoms with Crippen LogP contribution in [0, 0.1) is 5.82 Å². The molecule has 0 bridgehead atoms. The summed E-state index contributed by atoms with van der Waals surface area (Å²) < 4.78 is 18.8. The van der Waals surface area contributed by atoms with Gasteiger partial charge in [0.25, 0.3) is 0 Å². The zero-order chi connectivity index (χ0) is 11.0. The van der Waals surface area contributed by atoms with Gasteiger partial charge in [-0.3, -0.25) is 0 Å². The Kier molecular flexibility index (Phi) is 2.73. The first-order chi connectivity index (χ1) is 7.13. The molecule has 0 aliphatic carbocycles. The van der Waals surface area contributed by atoms with E-state index in [1.807, 2.05) is 0 Å². The molecule has 4 nitrogen and oxygen atoms in total.